The normalized spacial score (nSPS) is 13.3. The second kappa shape index (κ2) is 7.65. The Bertz CT molecular complexity index is 882. The van der Waals surface area contributed by atoms with Gasteiger partial charge in [-0.1, -0.05) is 11.6 Å². The van der Waals surface area contributed by atoms with Gasteiger partial charge in [0.2, 0.25) is 15.9 Å². The number of sulfonamides is 1. The van der Waals surface area contributed by atoms with Crippen LogP contribution in [0.1, 0.15) is 12.5 Å². The predicted octanol–water partition coefficient (Wildman–Crippen LogP) is 3.66. The van der Waals surface area contributed by atoms with Crippen molar-refractivity contribution in [3.63, 3.8) is 0 Å². The Kier molecular flexibility index (Phi) is 5.94. The molecule has 5 nitrogen and oxygen atoms in total. The Morgan fingerprint density at radius 3 is 2.08 bits per heavy atom. The van der Waals surface area contributed by atoms with E-state index in [1.807, 2.05) is 0 Å². The van der Waals surface area contributed by atoms with Gasteiger partial charge in [-0.2, -0.15) is 17.9 Å². The fourth-order valence-electron chi connectivity index (χ4n) is 1.96. The van der Waals surface area contributed by atoms with Crippen LogP contribution in [0.4, 0.5) is 18.9 Å². The average Bonchev–Trinajstić information content (AvgIpc) is 2.54. The molecular formula is C16H14ClF3N2O3S. The van der Waals surface area contributed by atoms with Crippen molar-refractivity contribution in [3.05, 3.63) is 59.1 Å². The third-order valence-electron chi connectivity index (χ3n) is 3.33. The van der Waals surface area contributed by atoms with Gasteiger partial charge in [-0.05, 0) is 55.5 Å². The molecule has 0 heterocycles. The molecule has 140 valence electrons. The van der Waals surface area contributed by atoms with Crippen molar-refractivity contribution < 1.29 is 26.4 Å². The van der Waals surface area contributed by atoms with Gasteiger partial charge in [-0.25, -0.2) is 8.42 Å². The molecule has 2 aromatic rings. The molecule has 0 saturated carbocycles. The molecule has 0 radical (unpaired) electrons. The van der Waals surface area contributed by atoms with Crippen molar-refractivity contribution in [2.45, 2.75) is 24.0 Å². The Labute approximate surface area is 153 Å². The number of carbonyl (C=O) groups is 1. The number of nitrogens with one attached hydrogen (secondary N) is 2. The molecule has 26 heavy (non-hydrogen) atoms. The summed E-state index contributed by atoms with van der Waals surface area (Å²) in [7, 11) is -3.96. The number of benzene rings is 2. The zero-order valence-corrected chi connectivity index (χ0v) is 14.9. The van der Waals surface area contributed by atoms with E-state index in [-0.39, 0.29) is 10.6 Å². The summed E-state index contributed by atoms with van der Waals surface area (Å²) in [5.74, 6) is -0.720. The van der Waals surface area contributed by atoms with E-state index < -0.39 is 33.7 Å². The highest BCUT2D eigenvalue weighted by molar-refractivity contribution is 7.89. The second-order valence-electron chi connectivity index (χ2n) is 5.36. The highest BCUT2D eigenvalue weighted by Gasteiger charge is 2.30. The van der Waals surface area contributed by atoms with Crippen molar-refractivity contribution in [1.29, 1.82) is 0 Å². The molecule has 0 saturated heterocycles. The lowest BCUT2D eigenvalue weighted by atomic mass is 10.2. The van der Waals surface area contributed by atoms with Gasteiger partial charge >= 0.3 is 6.18 Å². The standard InChI is InChI=1S/C16H14ClF3N2O3S/c1-10(22-26(24,25)14-8-4-12(17)5-9-14)15(23)21-13-6-2-11(3-7-13)16(18,19)20/h2-10,22H,1H3,(H,21,23)/t10-/m1/s1. The lowest BCUT2D eigenvalue weighted by molar-refractivity contribution is -0.137. The molecule has 0 fully saturated rings. The van der Waals surface area contributed by atoms with Gasteiger partial charge in [0.1, 0.15) is 0 Å². The first-order valence-electron chi connectivity index (χ1n) is 7.25. The van der Waals surface area contributed by atoms with Gasteiger partial charge in [0.15, 0.2) is 0 Å². The third kappa shape index (κ3) is 5.20. The van der Waals surface area contributed by atoms with Crippen molar-refractivity contribution in [3.8, 4) is 0 Å². The van der Waals surface area contributed by atoms with E-state index in [1.54, 1.807) is 0 Å². The third-order valence-corrected chi connectivity index (χ3v) is 5.14. The van der Waals surface area contributed by atoms with E-state index in [2.05, 4.69) is 10.0 Å². The smallest absolute Gasteiger partial charge is 0.325 e. The summed E-state index contributed by atoms with van der Waals surface area (Å²) in [5.41, 5.74) is -0.743. The van der Waals surface area contributed by atoms with E-state index in [1.165, 1.54) is 31.2 Å². The van der Waals surface area contributed by atoms with Crippen LogP contribution in [0.25, 0.3) is 0 Å². The van der Waals surface area contributed by atoms with Gasteiger partial charge in [-0.3, -0.25) is 4.79 Å². The highest BCUT2D eigenvalue weighted by Crippen LogP contribution is 2.29. The minimum Gasteiger partial charge on any atom is -0.325 e. The van der Waals surface area contributed by atoms with Crippen molar-refractivity contribution >= 4 is 33.2 Å². The number of hydrogen-bond donors (Lipinski definition) is 2. The molecule has 1 atom stereocenters. The van der Waals surface area contributed by atoms with Crippen molar-refractivity contribution in [2.75, 3.05) is 5.32 Å². The maximum Gasteiger partial charge on any atom is 0.416 e. The second-order valence-corrected chi connectivity index (χ2v) is 7.51. The zero-order chi connectivity index (χ0) is 19.5. The topological polar surface area (TPSA) is 75.3 Å². The molecule has 2 aromatic carbocycles. The number of hydrogen-bond acceptors (Lipinski definition) is 3. The number of rotatable bonds is 5. The van der Waals surface area contributed by atoms with Gasteiger partial charge in [0.25, 0.3) is 0 Å². The fraction of sp³-hybridized carbons (Fsp3) is 0.188. The monoisotopic (exact) mass is 406 g/mol. The number of amides is 1. The summed E-state index contributed by atoms with van der Waals surface area (Å²) >= 11 is 5.70. The van der Waals surface area contributed by atoms with Crippen LogP contribution in [0.5, 0.6) is 0 Å². The summed E-state index contributed by atoms with van der Waals surface area (Å²) in [6, 6.07) is 8.00. The predicted molar refractivity (Wildman–Crippen MR) is 91.3 cm³/mol. The van der Waals surface area contributed by atoms with Crippen molar-refractivity contribution in [2.24, 2.45) is 0 Å². The van der Waals surface area contributed by atoms with E-state index in [4.69, 9.17) is 11.6 Å². The molecule has 0 aliphatic carbocycles. The van der Waals surface area contributed by atoms with Gasteiger partial charge < -0.3 is 5.32 Å². The van der Waals surface area contributed by atoms with E-state index in [0.717, 1.165) is 24.3 Å². The fourth-order valence-corrected chi connectivity index (χ4v) is 3.29. The van der Waals surface area contributed by atoms with Gasteiger partial charge in [0, 0.05) is 10.7 Å². The highest BCUT2D eigenvalue weighted by atomic mass is 35.5. The summed E-state index contributed by atoms with van der Waals surface area (Å²) in [5, 5.41) is 2.71. The summed E-state index contributed by atoms with van der Waals surface area (Å²) < 4.78 is 64.1. The summed E-state index contributed by atoms with van der Waals surface area (Å²) in [6.45, 7) is 1.31. The molecule has 2 N–H and O–H groups in total. The number of carbonyl (C=O) groups excluding carboxylic acids is 1. The van der Waals surface area contributed by atoms with Crippen LogP contribution in [0.15, 0.2) is 53.4 Å². The zero-order valence-electron chi connectivity index (χ0n) is 13.3. The summed E-state index contributed by atoms with van der Waals surface area (Å²) in [6.07, 6.45) is -4.48. The molecule has 0 aliphatic rings. The maximum absolute atomic E-state index is 12.5. The maximum atomic E-state index is 12.5. The quantitative estimate of drug-likeness (QED) is 0.795. The molecular weight excluding hydrogens is 393 g/mol. The Morgan fingerprint density at radius 2 is 1.58 bits per heavy atom. The molecule has 0 aliphatic heterocycles. The Hall–Kier alpha value is -2.10. The molecule has 0 bridgehead atoms. The lowest BCUT2D eigenvalue weighted by Crippen LogP contribution is -2.41. The van der Waals surface area contributed by atoms with Crippen LogP contribution >= 0.6 is 11.6 Å². The molecule has 1 amide bonds. The lowest BCUT2D eigenvalue weighted by Gasteiger charge is -2.15. The minimum absolute atomic E-state index is 0.0731. The molecule has 0 unspecified atom stereocenters. The summed E-state index contributed by atoms with van der Waals surface area (Å²) in [4.78, 5) is 12.0. The number of alkyl halides is 3. The van der Waals surface area contributed by atoms with Crippen LogP contribution in [0.3, 0.4) is 0 Å². The SMILES string of the molecule is C[C@@H](NS(=O)(=O)c1ccc(Cl)cc1)C(=O)Nc1ccc(C(F)(F)F)cc1. The first-order valence-corrected chi connectivity index (χ1v) is 9.11. The van der Waals surface area contributed by atoms with Crippen molar-refractivity contribution in [1.82, 2.24) is 4.72 Å². The molecule has 0 spiro atoms. The van der Waals surface area contributed by atoms with Gasteiger partial charge in [-0.15, -0.1) is 0 Å². The first kappa shape index (κ1) is 20.2. The Morgan fingerprint density at radius 1 is 1.04 bits per heavy atom. The minimum atomic E-state index is -4.48. The number of halogens is 4. The Balaban J connectivity index is 2.04. The van der Waals surface area contributed by atoms with E-state index in [0.29, 0.717) is 5.02 Å². The first-order chi connectivity index (χ1) is 12.0. The average molecular weight is 407 g/mol. The van der Waals surface area contributed by atoms with Crippen LogP contribution in [0.2, 0.25) is 5.02 Å². The molecule has 0 aromatic heterocycles. The van der Waals surface area contributed by atoms with Crippen LogP contribution < -0.4 is 10.0 Å². The van der Waals surface area contributed by atoms with E-state index in [9.17, 15) is 26.4 Å². The van der Waals surface area contributed by atoms with Gasteiger partial charge in [0.05, 0.1) is 16.5 Å². The largest absolute Gasteiger partial charge is 0.416 e. The van der Waals surface area contributed by atoms with Crippen LogP contribution in [0, 0.1) is 0 Å². The molecule has 10 heteroatoms. The van der Waals surface area contributed by atoms with Crippen LogP contribution in [-0.2, 0) is 21.0 Å². The molecule has 2 rings (SSSR count). The van der Waals surface area contributed by atoms with Crippen LogP contribution in [-0.4, -0.2) is 20.4 Å². The number of anilines is 1. The van der Waals surface area contributed by atoms with E-state index >= 15 is 0 Å².